The second-order valence-electron chi connectivity index (χ2n) is 6.27. The van der Waals surface area contributed by atoms with Crippen molar-refractivity contribution in [1.29, 1.82) is 0 Å². The molecule has 29 heavy (non-hydrogen) atoms. The Hall–Kier alpha value is -3.87. The lowest BCUT2D eigenvalue weighted by Crippen LogP contribution is -2.20. The minimum absolute atomic E-state index is 0.162. The van der Waals surface area contributed by atoms with Gasteiger partial charge in [-0.3, -0.25) is 9.59 Å². The molecule has 3 aromatic carbocycles. The van der Waals surface area contributed by atoms with Gasteiger partial charge in [-0.15, -0.1) is 0 Å². The van der Waals surface area contributed by atoms with Crippen LogP contribution in [-0.2, 0) is 4.79 Å². The van der Waals surface area contributed by atoms with Gasteiger partial charge in [0.1, 0.15) is 11.6 Å². The summed E-state index contributed by atoms with van der Waals surface area (Å²) in [5, 5.41) is 2.71. The summed E-state index contributed by atoms with van der Waals surface area (Å²) in [6.45, 7) is -0.0325. The van der Waals surface area contributed by atoms with Crippen molar-refractivity contribution in [3.8, 4) is 17.2 Å². The lowest BCUT2D eigenvalue weighted by Gasteiger charge is -2.09. The van der Waals surface area contributed by atoms with E-state index in [4.69, 9.17) is 14.2 Å². The van der Waals surface area contributed by atoms with Crippen molar-refractivity contribution in [3.05, 3.63) is 83.7 Å². The van der Waals surface area contributed by atoms with E-state index >= 15 is 0 Å². The average molecular weight is 393 g/mol. The number of hydrogen-bond acceptors (Lipinski definition) is 5. The topological polar surface area (TPSA) is 73.9 Å². The zero-order chi connectivity index (χ0) is 20.2. The Morgan fingerprint density at radius 2 is 1.55 bits per heavy atom. The zero-order valence-corrected chi connectivity index (χ0v) is 15.2. The van der Waals surface area contributed by atoms with Crippen LogP contribution >= 0.6 is 0 Å². The summed E-state index contributed by atoms with van der Waals surface area (Å²) in [5.41, 5.74) is 1.40. The van der Waals surface area contributed by atoms with E-state index in [1.165, 1.54) is 24.3 Å². The Morgan fingerprint density at radius 3 is 2.28 bits per heavy atom. The third kappa shape index (κ3) is 4.35. The molecule has 0 unspecified atom stereocenters. The number of nitrogens with one attached hydrogen (secondary N) is 1. The molecule has 1 N–H and O–H groups in total. The summed E-state index contributed by atoms with van der Waals surface area (Å²) in [5.74, 6) is 0.692. The fraction of sp³-hybridized carbons (Fsp3) is 0.0909. The van der Waals surface area contributed by atoms with Gasteiger partial charge in [0.2, 0.25) is 6.79 Å². The van der Waals surface area contributed by atoms with Gasteiger partial charge in [0, 0.05) is 22.9 Å². The number of carbonyl (C=O) groups excluding carboxylic acids is 2. The van der Waals surface area contributed by atoms with Crippen LogP contribution in [0.3, 0.4) is 0 Å². The van der Waals surface area contributed by atoms with E-state index < -0.39 is 5.82 Å². The van der Waals surface area contributed by atoms with Crippen molar-refractivity contribution < 1.29 is 28.2 Å². The minimum atomic E-state index is -0.399. The van der Waals surface area contributed by atoms with Crippen LogP contribution in [-0.4, -0.2) is 25.1 Å². The van der Waals surface area contributed by atoms with E-state index in [1.54, 1.807) is 42.5 Å². The molecule has 1 heterocycles. The highest BCUT2D eigenvalue weighted by Gasteiger charge is 2.14. The average Bonchev–Trinajstić information content (AvgIpc) is 3.20. The quantitative estimate of drug-likeness (QED) is 0.645. The first-order chi connectivity index (χ1) is 14.1. The Balaban J connectivity index is 1.32. The maximum Gasteiger partial charge on any atom is 0.262 e. The van der Waals surface area contributed by atoms with E-state index in [2.05, 4.69) is 5.32 Å². The molecule has 1 amide bonds. The summed E-state index contributed by atoms with van der Waals surface area (Å²) >= 11 is 0. The maximum absolute atomic E-state index is 13.0. The molecule has 0 saturated heterocycles. The number of hydrogen-bond donors (Lipinski definition) is 1. The second kappa shape index (κ2) is 8.02. The van der Waals surface area contributed by atoms with Crippen molar-refractivity contribution in [2.24, 2.45) is 0 Å². The fourth-order valence-corrected chi connectivity index (χ4v) is 2.79. The molecule has 0 fully saturated rings. The van der Waals surface area contributed by atoms with Crippen LogP contribution in [0.5, 0.6) is 17.2 Å². The van der Waals surface area contributed by atoms with Crippen molar-refractivity contribution in [3.63, 3.8) is 0 Å². The van der Waals surface area contributed by atoms with Gasteiger partial charge in [-0.05, 0) is 60.7 Å². The fourth-order valence-electron chi connectivity index (χ4n) is 2.79. The minimum Gasteiger partial charge on any atom is -0.484 e. The molecule has 1 aliphatic heterocycles. The Kier molecular flexibility index (Phi) is 5.11. The lowest BCUT2D eigenvalue weighted by atomic mass is 10.0. The van der Waals surface area contributed by atoms with E-state index in [9.17, 15) is 14.0 Å². The molecular formula is C22H16FNO5. The van der Waals surface area contributed by atoms with E-state index in [-0.39, 0.29) is 25.1 Å². The van der Waals surface area contributed by atoms with E-state index in [0.29, 0.717) is 34.1 Å². The molecule has 0 aromatic heterocycles. The van der Waals surface area contributed by atoms with E-state index in [1.807, 2.05) is 0 Å². The Labute approximate surface area is 165 Å². The summed E-state index contributed by atoms with van der Waals surface area (Å²) in [6.07, 6.45) is 0. The van der Waals surface area contributed by atoms with Crippen LogP contribution in [0.15, 0.2) is 66.7 Å². The van der Waals surface area contributed by atoms with Crippen molar-refractivity contribution in [1.82, 2.24) is 0 Å². The van der Waals surface area contributed by atoms with Crippen LogP contribution in [0.25, 0.3) is 0 Å². The normalized spacial score (nSPS) is 11.8. The summed E-state index contributed by atoms with van der Waals surface area (Å²) in [6, 6.07) is 16.8. The molecule has 0 saturated carbocycles. The molecule has 0 bridgehead atoms. The molecule has 0 aliphatic carbocycles. The van der Waals surface area contributed by atoms with Gasteiger partial charge in [-0.2, -0.15) is 0 Å². The summed E-state index contributed by atoms with van der Waals surface area (Å²) in [4.78, 5) is 24.5. The summed E-state index contributed by atoms with van der Waals surface area (Å²) < 4.78 is 28.9. The van der Waals surface area contributed by atoms with Crippen LogP contribution in [0.1, 0.15) is 15.9 Å². The third-order valence-electron chi connectivity index (χ3n) is 4.25. The van der Waals surface area contributed by atoms with Gasteiger partial charge in [0.05, 0.1) is 0 Å². The van der Waals surface area contributed by atoms with Gasteiger partial charge in [0.15, 0.2) is 23.9 Å². The number of halogens is 1. The lowest BCUT2D eigenvalue weighted by molar-refractivity contribution is -0.118. The molecule has 146 valence electrons. The van der Waals surface area contributed by atoms with Crippen LogP contribution in [0.4, 0.5) is 10.1 Å². The first-order valence-corrected chi connectivity index (χ1v) is 8.81. The van der Waals surface area contributed by atoms with Crippen LogP contribution in [0, 0.1) is 5.82 Å². The smallest absolute Gasteiger partial charge is 0.262 e. The highest BCUT2D eigenvalue weighted by atomic mass is 19.1. The number of benzene rings is 3. The van der Waals surface area contributed by atoms with Crippen molar-refractivity contribution >= 4 is 17.4 Å². The third-order valence-corrected chi connectivity index (χ3v) is 4.25. The number of carbonyl (C=O) groups is 2. The molecule has 6 nitrogen and oxygen atoms in total. The van der Waals surface area contributed by atoms with Crippen molar-refractivity contribution in [2.75, 3.05) is 18.7 Å². The first kappa shape index (κ1) is 18.5. The molecule has 4 rings (SSSR count). The number of ketones is 1. The molecule has 7 heteroatoms. The number of fused-ring (bicyclic) bond motifs is 1. The second-order valence-corrected chi connectivity index (χ2v) is 6.27. The molecule has 0 radical (unpaired) electrons. The SMILES string of the molecule is O=C(COc1ccc(C(=O)c2ccc(F)cc2)cc1)Nc1ccc2c(c1)OCO2. The van der Waals surface area contributed by atoms with Gasteiger partial charge in [0.25, 0.3) is 5.91 Å². The predicted molar refractivity (Wildman–Crippen MR) is 103 cm³/mol. The Morgan fingerprint density at radius 1 is 0.897 bits per heavy atom. The first-order valence-electron chi connectivity index (χ1n) is 8.81. The van der Waals surface area contributed by atoms with E-state index in [0.717, 1.165) is 0 Å². The standard InChI is InChI=1S/C22H16FNO5/c23-16-5-1-14(2-6-16)22(26)15-3-8-18(9-4-15)27-12-21(25)24-17-7-10-19-20(11-17)29-13-28-19/h1-11H,12-13H2,(H,24,25). The largest absolute Gasteiger partial charge is 0.484 e. The number of amides is 1. The van der Waals surface area contributed by atoms with Gasteiger partial charge >= 0.3 is 0 Å². The number of ether oxygens (including phenoxy) is 3. The highest BCUT2D eigenvalue weighted by molar-refractivity contribution is 6.09. The molecular weight excluding hydrogens is 377 g/mol. The number of rotatable bonds is 6. The molecule has 3 aromatic rings. The van der Waals surface area contributed by atoms with Crippen LogP contribution < -0.4 is 19.5 Å². The molecule has 0 spiro atoms. The van der Waals surface area contributed by atoms with Crippen molar-refractivity contribution in [2.45, 2.75) is 0 Å². The Bertz CT molecular complexity index is 1050. The molecule has 1 aliphatic rings. The highest BCUT2D eigenvalue weighted by Crippen LogP contribution is 2.34. The monoisotopic (exact) mass is 393 g/mol. The van der Waals surface area contributed by atoms with Gasteiger partial charge in [-0.1, -0.05) is 0 Å². The van der Waals surface area contributed by atoms with Gasteiger partial charge in [-0.25, -0.2) is 4.39 Å². The van der Waals surface area contributed by atoms with Gasteiger partial charge < -0.3 is 19.5 Å². The number of anilines is 1. The zero-order valence-electron chi connectivity index (χ0n) is 15.2. The maximum atomic E-state index is 13.0. The summed E-state index contributed by atoms with van der Waals surface area (Å²) in [7, 11) is 0. The molecule has 0 atom stereocenters. The predicted octanol–water partition coefficient (Wildman–Crippen LogP) is 3.80. The van der Waals surface area contributed by atoms with Crippen LogP contribution in [0.2, 0.25) is 0 Å².